The highest BCUT2D eigenvalue weighted by atomic mass is 19.1. The lowest BCUT2D eigenvalue weighted by Crippen LogP contribution is -2.43. The Kier molecular flexibility index (Phi) is 7.08. The van der Waals surface area contributed by atoms with Crippen LogP contribution in [-0.2, 0) is 0 Å². The Labute approximate surface area is 226 Å². The fourth-order valence-corrected chi connectivity index (χ4v) is 5.34. The number of hydrogen-bond acceptors (Lipinski definition) is 9. The summed E-state index contributed by atoms with van der Waals surface area (Å²) in [6.07, 6.45) is 10.6. The molecule has 2 saturated heterocycles. The van der Waals surface area contributed by atoms with Crippen LogP contribution in [0.5, 0.6) is 5.75 Å². The summed E-state index contributed by atoms with van der Waals surface area (Å²) in [5.74, 6) is 1.25. The lowest BCUT2D eigenvalue weighted by Gasteiger charge is -2.34. The molecule has 2 aliphatic rings. The van der Waals surface area contributed by atoms with E-state index >= 15 is 0 Å². The molecule has 0 aliphatic carbocycles. The number of methoxy groups -OCH3 is 1. The topological polar surface area (TPSA) is 119 Å². The van der Waals surface area contributed by atoms with E-state index in [2.05, 4.69) is 36.8 Å². The smallest absolute Gasteiger partial charge is 0.168 e. The van der Waals surface area contributed by atoms with Gasteiger partial charge in [0.1, 0.15) is 23.2 Å². The molecular formula is C28H32FN9O. The predicted molar refractivity (Wildman–Crippen MR) is 149 cm³/mol. The van der Waals surface area contributed by atoms with E-state index in [9.17, 15) is 4.39 Å². The summed E-state index contributed by atoms with van der Waals surface area (Å²) in [5.41, 5.74) is 9.63. The van der Waals surface area contributed by atoms with Gasteiger partial charge in [0, 0.05) is 67.1 Å². The molecule has 3 aromatic heterocycles. The molecule has 4 N–H and O–H groups in total. The predicted octanol–water partition coefficient (Wildman–Crippen LogP) is 3.76. The van der Waals surface area contributed by atoms with Crippen LogP contribution in [0.15, 0.2) is 55.1 Å². The van der Waals surface area contributed by atoms with Gasteiger partial charge in [-0.25, -0.2) is 19.3 Å². The first-order valence-corrected chi connectivity index (χ1v) is 13.3. The number of hydrogen-bond donors (Lipinski definition) is 3. The van der Waals surface area contributed by atoms with Gasteiger partial charge in [0.2, 0.25) is 0 Å². The molecule has 2 fully saturated rings. The van der Waals surface area contributed by atoms with Crippen LogP contribution in [0.25, 0.3) is 22.5 Å². The van der Waals surface area contributed by atoms with E-state index in [-0.39, 0.29) is 17.4 Å². The Hall–Kier alpha value is -4.09. The summed E-state index contributed by atoms with van der Waals surface area (Å²) in [6, 6.07) is 8.86. The van der Waals surface area contributed by atoms with Gasteiger partial charge < -0.3 is 26.0 Å². The van der Waals surface area contributed by atoms with Crippen molar-refractivity contribution in [2.75, 3.05) is 43.5 Å². The number of piperidine rings is 1. The van der Waals surface area contributed by atoms with Crippen molar-refractivity contribution in [1.82, 2.24) is 30.0 Å². The summed E-state index contributed by atoms with van der Waals surface area (Å²) in [4.78, 5) is 15.9. The van der Waals surface area contributed by atoms with Crippen molar-refractivity contribution < 1.29 is 9.13 Å². The van der Waals surface area contributed by atoms with Gasteiger partial charge in [-0.3, -0.25) is 4.68 Å². The zero-order valence-electron chi connectivity index (χ0n) is 21.8. The molecule has 5 heterocycles. The molecule has 39 heavy (non-hydrogen) atoms. The molecule has 202 valence electrons. The highest BCUT2D eigenvalue weighted by molar-refractivity contribution is 5.80. The van der Waals surface area contributed by atoms with Crippen LogP contribution in [0, 0.1) is 5.82 Å². The number of nitrogens with one attached hydrogen (secondary N) is 2. The summed E-state index contributed by atoms with van der Waals surface area (Å²) >= 11 is 0. The largest absolute Gasteiger partial charge is 0.496 e. The number of nitrogens with zero attached hydrogens (tertiary/aromatic N) is 6. The summed E-state index contributed by atoms with van der Waals surface area (Å²) < 4.78 is 22.0. The second kappa shape index (κ2) is 11.0. The van der Waals surface area contributed by atoms with Gasteiger partial charge in [-0.2, -0.15) is 5.10 Å². The minimum Gasteiger partial charge on any atom is -0.496 e. The third-order valence-electron chi connectivity index (χ3n) is 7.33. The molecule has 6 rings (SSSR count). The summed E-state index contributed by atoms with van der Waals surface area (Å²) in [6.45, 7) is 3.61. The lowest BCUT2D eigenvalue weighted by atomic mass is 10.0. The molecule has 0 spiro atoms. The minimum absolute atomic E-state index is 0.114. The van der Waals surface area contributed by atoms with Gasteiger partial charge in [0.05, 0.1) is 24.9 Å². The molecule has 0 amide bonds. The third-order valence-corrected chi connectivity index (χ3v) is 7.33. The molecular weight excluding hydrogens is 497 g/mol. The Bertz CT molecular complexity index is 1450. The molecule has 0 radical (unpaired) electrons. The molecule has 2 aliphatic heterocycles. The Morgan fingerprint density at radius 2 is 2.08 bits per heavy atom. The van der Waals surface area contributed by atoms with E-state index in [1.54, 1.807) is 24.4 Å². The highest BCUT2D eigenvalue weighted by Gasteiger charge is 2.23. The van der Waals surface area contributed by atoms with Crippen molar-refractivity contribution in [3.63, 3.8) is 0 Å². The average molecular weight is 530 g/mol. The number of aromatic nitrogens is 5. The van der Waals surface area contributed by atoms with Gasteiger partial charge in [-0.15, -0.1) is 0 Å². The Balaban J connectivity index is 1.33. The number of pyridine rings is 1. The molecule has 0 unspecified atom stereocenters. The quantitative estimate of drug-likeness (QED) is 0.329. The number of benzene rings is 1. The van der Waals surface area contributed by atoms with Gasteiger partial charge in [-0.05, 0) is 44.0 Å². The van der Waals surface area contributed by atoms with Crippen LogP contribution in [0.3, 0.4) is 0 Å². The molecule has 10 nitrogen and oxygen atoms in total. The summed E-state index contributed by atoms with van der Waals surface area (Å²) in [7, 11) is 1.49. The van der Waals surface area contributed by atoms with Gasteiger partial charge in [-0.1, -0.05) is 6.07 Å². The normalized spacial score (nSPS) is 19.3. The number of halogens is 1. The van der Waals surface area contributed by atoms with Crippen molar-refractivity contribution in [2.45, 2.75) is 31.3 Å². The van der Waals surface area contributed by atoms with Crippen LogP contribution < -0.4 is 26.0 Å². The number of ether oxygens (including phenoxy) is 1. The zero-order chi connectivity index (χ0) is 26.8. The highest BCUT2D eigenvalue weighted by Crippen LogP contribution is 2.35. The fraction of sp³-hybridized carbons (Fsp3) is 0.357. The maximum Gasteiger partial charge on any atom is 0.168 e. The van der Waals surface area contributed by atoms with Gasteiger partial charge >= 0.3 is 0 Å². The monoisotopic (exact) mass is 529 g/mol. The number of anilines is 3. The number of rotatable bonds is 7. The van der Waals surface area contributed by atoms with E-state index in [1.165, 1.54) is 13.2 Å². The van der Waals surface area contributed by atoms with Crippen LogP contribution in [0.1, 0.15) is 25.3 Å². The molecule has 1 aromatic carbocycles. The van der Waals surface area contributed by atoms with Crippen molar-refractivity contribution in [2.24, 2.45) is 5.73 Å². The van der Waals surface area contributed by atoms with Gasteiger partial charge in [0.15, 0.2) is 5.82 Å². The van der Waals surface area contributed by atoms with Crippen LogP contribution in [0.2, 0.25) is 0 Å². The van der Waals surface area contributed by atoms with E-state index in [4.69, 9.17) is 15.5 Å². The fourth-order valence-electron chi connectivity index (χ4n) is 5.34. The van der Waals surface area contributed by atoms with E-state index < -0.39 is 5.82 Å². The van der Waals surface area contributed by atoms with E-state index in [0.717, 1.165) is 62.3 Å². The number of nitrogens with two attached hydrogens (primary N) is 1. The molecule has 0 saturated carbocycles. The van der Waals surface area contributed by atoms with Crippen LogP contribution >= 0.6 is 0 Å². The molecule has 4 aromatic rings. The lowest BCUT2D eigenvalue weighted by molar-refractivity contribution is 0.413. The maximum absolute atomic E-state index is 14.7. The standard InChI is InChI=1S/C28H32FN9O/c1-39-24-6-2-5-22(29)27(24)28-32-10-8-25(36-28)35-26-12-23(37-11-3-4-19(30)17-37)21(15-33-26)18-13-34-38(16-18)20-7-9-31-14-20/h2,5-6,8,10,12-13,15-16,19-20,31H,3-4,7,9,11,14,17,30H2,1H3,(H,32,33,35,36)/t19-,20-/m0/s1. The first-order valence-electron chi connectivity index (χ1n) is 13.3. The average Bonchev–Trinajstić information content (AvgIpc) is 3.66. The minimum atomic E-state index is -0.452. The molecule has 11 heteroatoms. The maximum atomic E-state index is 14.7. The second-order valence-electron chi connectivity index (χ2n) is 10.00. The molecule has 2 atom stereocenters. The summed E-state index contributed by atoms with van der Waals surface area (Å²) in [5, 5.41) is 11.3. The first kappa shape index (κ1) is 25.2. The van der Waals surface area contributed by atoms with Crippen molar-refractivity contribution in [3.05, 3.63) is 60.9 Å². The Morgan fingerprint density at radius 3 is 2.90 bits per heavy atom. The zero-order valence-corrected chi connectivity index (χ0v) is 21.8. The van der Waals surface area contributed by atoms with Gasteiger partial charge in [0.25, 0.3) is 0 Å². The van der Waals surface area contributed by atoms with Crippen molar-refractivity contribution >= 4 is 17.3 Å². The van der Waals surface area contributed by atoms with Crippen LogP contribution in [-0.4, -0.2) is 64.1 Å². The van der Waals surface area contributed by atoms with E-state index in [0.29, 0.717) is 23.4 Å². The van der Waals surface area contributed by atoms with Crippen molar-refractivity contribution in [3.8, 4) is 28.3 Å². The van der Waals surface area contributed by atoms with Crippen molar-refractivity contribution in [1.29, 1.82) is 0 Å². The SMILES string of the molecule is COc1cccc(F)c1-c1nccc(Nc2cc(N3CCC[C@H](N)C3)c(-c3cnn([C@H]4CCNC4)c3)cn2)n1. The first-order chi connectivity index (χ1) is 19.1. The molecule has 0 bridgehead atoms. The van der Waals surface area contributed by atoms with E-state index in [1.807, 2.05) is 23.1 Å². The third kappa shape index (κ3) is 5.27. The van der Waals surface area contributed by atoms with Crippen LogP contribution in [0.4, 0.5) is 21.7 Å². The second-order valence-corrected chi connectivity index (χ2v) is 10.00. The Morgan fingerprint density at radius 1 is 1.15 bits per heavy atom.